The van der Waals surface area contributed by atoms with E-state index in [1.807, 2.05) is 0 Å². The number of rotatable bonds is 2. The maximum absolute atomic E-state index is 13.5. The molecule has 3 rings (SSSR count). The van der Waals surface area contributed by atoms with Crippen LogP contribution in [0.4, 0.5) is 18.9 Å². The van der Waals surface area contributed by atoms with Crippen molar-refractivity contribution >= 4 is 22.5 Å². The summed E-state index contributed by atoms with van der Waals surface area (Å²) in [5.74, 6) is -4.29. The summed E-state index contributed by atoms with van der Waals surface area (Å²) in [5, 5.41) is 2.98. The minimum Gasteiger partial charge on any atom is -0.361 e. The summed E-state index contributed by atoms with van der Waals surface area (Å²) in [6, 6.07) is 7.90. The van der Waals surface area contributed by atoms with Crippen molar-refractivity contribution in [3.05, 3.63) is 65.6 Å². The number of fused-ring (bicyclic) bond motifs is 1. The number of H-pyrrole nitrogens is 1. The van der Waals surface area contributed by atoms with E-state index >= 15 is 0 Å². The van der Waals surface area contributed by atoms with Gasteiger partial charge in [-0.1, -0.05) is 12.1 Å². The molecule has 21 heavy (non-hydrogen) atoms. The maximum atomic E-state index is 13.5. The van der Waals surface area contributed by atoms with E-state index in [1.54, 1.807) is 24.4 Å². The van der Waals surface area contributed by atoms with Gasteiger partial charge >= 0.3 is 0 Å². The molecule has 0 atom stereocenters. The molecule has 0 aliphatic rings. The Bertz CT molecular complexity index is 842. The van der Waals surface area contributed by atoms with Crippen LogP contribution >= 0.6 is 0 Å². The van der Waals surface area contributed by atoms with E-state index in [1.165, 1.54) is 6.07 Å². The van der Waals surface area contributed by atoms with Gasteiger partial charge in [-0.15, -0.1) is 0 Å². The first kappa shape index (κ1) is 13.2. The van der Waals surface area contributed by atoms with Crippen LogP contribution in [0.2, 0.25) is 0 Å². The zero-order chi connectivity index (χ0) is 15.0. The van der Waals surface area contributed by atoms with Gasteiger partial charge in [0.05, 0.1) is 16.8 Å². The predicted molar refractivity (Wildman–Crippen MR) is 72.6 cm³/mol. The monoisotopic (exact) mass is 290 g/mol. The fourth-order valence-corrected chi connectivity index (χ4v) is 2.11. The van der Waals surface area contributed by atoms with Crippen molar-refractivity contribution < 1.29 is 18.0 Å². The summed E-state index contributed by atoms with van der Waals surface area (Å²) in [6.45, 7) is 0. The lowest BCUT2D eigenvalue weighted by Gasteiger charge is -2.08. The van der Waals surface area contributed by atoms with Gasteiger partial charge in [0, 0.05) is 23.7 Å². The van der Waals surface area contributed by atoms with Crippen LogP contribution in [-0.2, 0) is 0 Å². The number of para-hydroxylation sites is 1. The molecule has 0 bridgehead atoms. The molecule has 0 radical (unpaired) electrons. The van der Waals surface area contributed by atoms with E-state index in [2.05, 4.69) is 10.3 Å². The minimum absolute atomic E-state index is 0.251. The maximum Gasteiger partial charge on any atom is 0.257 e. The number of halogens is 3. The standard InChI is InChI=1S/C15H9F3N2O/c16-9-6-11(17)13(18)12(7-9)20-15(21)10-3-1-2-8-4-5-19-14(8)10/h1-7,19H,(H,20,21). The number of nitrogens with one attached hydrogen (secondary N) is 2. The van der Waals surface area contributed by atoms with Crippen LogP contribution in [0.5, 0.6) is 0 Å². The number of anilines is 1. The van der Waals surface area contributed by atoms with Gasteiger partial charge < -0.3 is 10.3 Å². The van der Waals surface area contributed by atoms with Gasteiger partial charge in [-0.25, -0.2) is 13.2 Å². The molecule has 0 aliphatic heterocycles. The second-order valence-electron chi connectivity index (χ2n) is 4.45. The molecule has 0 spiro atoms. The Hall–Kier alpha value is -2.76. The third-order valence-corrected chi connectivity index (χ3v) is 3.07. The fourth-order valence-electron chi connectivity index (χ4n) is 2.11. The Labute approximate surface area is 117 Å². The molecule has 0 aliphatic carbocycles. The molecule has 0 fully saturated rings. The van der Waals surface area contributed by atoms with Gasteiger partial charge in [-0.2, -0.15) is 0 Å². The van der Waals surface area contributed by atoms with Crippen LogP contribution in [0.25, 0.3) is 10.9 Å². The Kier molecular flexibility index (Phi) is 3.13. The van der Waals surface area contributed by atoms with Crippen LogP contribution in [-0.4, -0.2) is 10.9 Å². The van der Waals surface area contributed by atoms with E-state index in [9.17, 15) is 18.0 Å². The summed E-state index contributed by atoms with van der Waals surface area (Å²) in [6.07, 6.45) is 1.66. The predicted octanol–water partition coefficient (Wildman–Crippen LogP) is 3.84. The molecule has 2 aromatic carbocycles. The van der Waals surface area contributed by atoms with Crippen molar-refractivity contribution in [2.75, 3.05) is 5.32 Å². The Morgan fingerprint density at radius 3 is 2.71 bits per heavy atom. The van der Waals surface area contributed by atoms with Crippen LogP contribution in [0, 0.1) is 17.5 Å². The van der Waals surface area contributed by atoms with E-state index in [0.29, 0.717) is 11.6 Å². The van der Waals surface area contributed by atoms with Crippen molar-refractivity contribution in [2.45, 2.75) is 0 Å². The van der Waals surface area contributed by atoms with Gasteiger partial charge in [-0.05, 0) is 12.1 Å². The molecule has 0 saturated carbocycles. The van der Waals surface area contributed by atoms with Crippen molar-refractivity contribution in [3.63, 3.8) is 0 Å². The summed E-state index contributed by atoms with van der Waals surface area (Å²) in [5.41, 5.74) is 0.273. The number of hydrogen-bond donors (Lipinski definition) is 2. The molecule has 3 nitrogen and oxygen atoms in total. The van der Waals surface area contributed by atoms with Crippen molar-refractivity contribution in [3.8, 4) is 0 Å². The van der Waals surface area contributed by atoms with Crippen molar-refractivity contribution in [1.82, 2.24) is 4.98 Å². The molecule has 3 aromatic rings. The van der Waals surface area contributed by atoms with Crippen LogP contribution < -0.4 is 5.32 Å². The molecule has 1 heterocycles. The van der Waals surface area contributed by atoms with Gasteiger partial charge in [0.1, 0.15) is 5.82 Å². The number of carbonyl (C=O) groups is 1. The van der Waals surface area contributed by atoms with Gasteiger partial charge in [-0.3, -0.25) is 4.79 Å². The highest BCUT2D eigenvalue weighted by atomic mass is 19.2. The minimum atomic E-state index is -1.36. The fraction of sp³-hybridized carbons (Fsp3) is 0. The first-order valence-corrected chi connectivity index (χ1v) is 6.08. The van der Waals surface area contributed by atoms with E-state index in [-0.39, 0.29) is 5.56 Å². The quantitative estimate of drug-likeness (QED) is 0.692. The zero-order valence-corrected chi connectivity index (χ0v) is 10.6. The third kappa shape index (κ3) is 2.35. The zero-order valence-electron chi connectivity index (χ0n) is 10.6. The first-order valence-electron chi connectivity index (χ1n) is 6.08. The molecule has 2 N–H and O–H groups in total. The lowest BCUT2D eigenvalue weighted by molar-refractivity contribution is 0.102. The van der Waals surface area contributed by atoms with Crippen molar-refractivity contribution in [1.29, 1.82) is 0 Å². The van der Waals surface area contributed by atoms with E-state index in [4.69, 9.17) is 0 Å². The third-order valence-electron chi connectivity index (χ3n) is 3.07. The first-order chi connectivity index (χ1) is 10.1. The van der Waals surface area contributed by atoms with Crippen LogP contribution in [0.1, 0.15) is 10.4 Å². The summed E-state index contributed by atoms with van der Waals surface area (Å²) in [7, 11) is 0. The number of amides is 1. The van der Waals surface area contributed by atoms with Gasteiger partial charge in [0.15, 0.2) is 11.6 Å². The molecular formula is C15H9F3N2O. The molecule has 0 unspecified atom stereocenters. The Balaban J connectivity index is 1.99. The highest BCUT2D eigenvalue weighted by Crippen LogP contribution is 2.22. The summed E-state index contributed by atoms with van der Waals surface area (Å²) < 4.78 is 39.8. The van der Waals surface area contributed by atoms with E-state index < -0.39 is 29.0 Å². The molecular weight excluding hydrogens is 281 g/mol. The second kappa shape index (κ2) is 4.97. The normalized spacial score (nSPS) is 10.8. The number of aromatic nitrogens is 1. The molecule has 0 saturated heterocycles. The number of carbonyl (C=O) groups excluding carboxylic acids is 1. The summed E-state index contributed by atoms with van der Waals surface area (Å²) in [4.78, 5) is 15.0. The second-order valence-corrected chi connectivity index (χ2v) is 4.45. The van der Waals surface area contributed by atoms with E-state index in [0.717, 1.165) is 11.5 Å². The lowest BCUT2D eigenvalue weighted by Crippen LogP contribution is -2.14. The average Bonchev–Trinajstić information content (AvgIpc) is 2.92. The molecule has 1 aromatic heterocycles. The van der Waals surface area contributed by atoms with Gasteiger partial charge in [0.2, 0.25) is 0 Å². The Morgan fingerprint density at radius 2 is 1.90 bits per heavy atom. The SMILES string of the molecule is O=C(Nc1cc(F)cc(F)c1F)c1cccc2cc[nH]c12. The highest BCUT2D eigenvalue weighted by Gasteiger charge is 2.16. The molecule has 6 heteroatoms. The van der Waals surface area contributed by atoms with Crippen LogP contribution in [0.15, 0.2) is 42.6 Å². The summed E-state index contributed by atoms with van der Waals surface area (Å²) >= 11 is 0. The van der Waals surface area contributed by atoms with Crippen molar-refractivity contribution in [2.24, 2.45) is 0 Å². The average molecular weight is 290 g/mol. The molecule has 1 amide bonds. The lowest BCUT2D eigenvalue weighted by atomic mass is 10.1. The topological polar surface area (TPSA) is 44.9 Å². The Morgan fingerprint density at radius 1 is 1.10 bits per heavy atom. The number of benzene rings is 2. The smallest absolute Gasteiger partial charge is 0.257 e. The highest BCUT2D eigenvalue weighted by molar-refractivity contribution is 6.12. The number of aromatic amines is 1. The largest absolute Gasteiger partial charge is 0.361 e. The van der Waals surface area contributed by atoms with Gasteiger partial charge in [0.25, 0.3) is 5.91 Å². The number of hydrogen-bond acceptors (Lipinski definition) is 1. The molecule has 106 valence electrons. The van der Waals surface area contributed by atoms with Crippen LogP contribution in [0.3, 0.4) is 0 Å².